The maximum Gasteiger partial charge on any atom is 0.301 e. The summed E-state index contributed by atoms with van der Waals surface area (Å²) < 4.78 is 39.3. The number of aryl methyl sites for hydroxylation is 1. The molecule has 0 bridgehead atoms. The molecule has 0 fully saturated rings. The van der Waals surface area contributed by atoms with Crippen LogP contribution in [0.15, 0.2) is 27.7 Å². The lowest BCUT2D eigenvalue weighted by Gasteiger charge is -2.04. The van der Waals surface area contributed by atoms with Crippen molar-refractivity contribution in [3.8, 4) is 0 Å². The average Bonchev–Trinajstić information content (AvgIpc) is 3.09. The summed E-state index contributed by atoms with van der Waals surface area (Å²) in [4.78, 5) is 16.4. The van der Waals surface area contributed by atoms with Gasteiger partial charge in [0, 0.05) is 25.8 Å². The number of amides is 1. The fraction of sp³-hybridized carbons (Fsp3) is 0.267. The number of hydrogen-bond acceptors (Lipinski definition) is 5. The molecule has 3 rings (SSSR count). The van der Waals surface area contributed by atoms with Crippen LogP contribution in [0.4, 0.5) is 8.78 Å². The van der Waals surface area contributed by atoms with Crippen molar-refractivity contribution in [2.75, 3.05) is 13.7 Å². The molecule has 6 nitrogen and oxygen atoms in total. The molecule has 0 N–H and O–H groups in total. The number of carbonyl (C=O) groups excluding carboxylic acids is 1. The van der Waals surface area contributed by atoms with Crippen LogP contribution in [-0.4, -0.2) is 29.3 Å². The van der Waals surface area contributed by atoms with Gasteiger partial charge >= 0.3 is 5.91 Å². The van der Waals surface area contributed by atoms with E-state index in [2.05, 4.69) is 10.1 Å². The summed E-state index contributed by atoms with van der Waals surface area (Å²) in [6.07, 6.45) is 0. The molecule has 2 heterocycles. The molecular weight excluding hydrogens is 340 g/mol. The quantitative estimate of drug-likeness (QED) is 0.723. The molecule has 3 aromatic rings. The second kappa shape index (κ2) is 6.62. The van der Waals surface area contributed by atoms with Gasteiger partial charge in [-0.25, -0.2) is 8.78 Å². The van der Waals surface area contributed by atoms with Gasteiger partial charge in [0.25, 0.3) is 0 Å². The summed E-state index contributed by atoms with van der Waals surface area (Å²) in [5.41, 5.74) is 0.233. The molecule has 24 heavy (non-hydrogen) atoms. The molecular formula is C15H13F2N3O3S. The molecule has 2 aromatic heterocycles. The Morgan fingerprint density at radius 2 is 2.21 bits per heavy atom. The Bertz CT molecular complexity index is 974. The number of nitrogens with zero attached hydrogens (tertiary/aromatic N) is 3. The van der Waals surface area contributed by atoms with E-state index in [-0.39, 0.29) is 29.2 Å². The zero-order valence-electron chi connectivity index (χ0n) is 12.9. The number of fused-ring (bicyclic) bond motifs is 1. The molecule has 0 aliphatic carbocycles. The number of rotatable bonds is 4. The first kappa shape index (κ1) is 16.5. The summed E-state index contributed by atoms with van der Waals surface area (Å²) in [5, 5.41) is 3.61. The molecule has 126 valence electrons. The van der Waals surface area contributed by atoms with E-state index in [1.807, 2.05) is 0 Å². The molecule has 0 saturated carbocycles. The van der Waals surface area contributed by atoms with Crippen molar-refractivity contribution in [2.24, 2.45) is 4.99 Å². The molecule has 1 aromatic carbocycles. The third-order valence-corrected chi connectivity index (χ3v) is 4.28. The van der Waals surface area contributed by atoms with E-state index >= 15 is 0 Å². The number of aromatic nitrogens is 2. The maximum absolute atomic E-state index is 14.2. The van der Waals surface area contributed by atoms with Crippen LogP contribution in [0.3, 0.4) is 0 Å². The van der Waals surface area contributed by atoms with Crippen molar-refractivity contribution in [1.82, 2.24) is 9.72 Å². The van der Waals surface area contributed by atoms with Crippen molar-refractivity contribution < 1.29 is 22.8 Å². The zero-order chi connectivity index (χ0) is 17.3. The number of carbonyl (C=O) groups is 1. The molecule has 0 unspecified atom stereocenters. The highest BCUT2D eigenvalue weighted by Gasteiger charge is 2.15. The van der Waals surface area contributed by atoms with Crippen LogP contribution in [0.1, 0.15) is 16.2 Å². The summed E-state index contributed by atoms with van der Waals surface area (Å²) in [6, 6.07) is 3.46. The Balaban J connectivity index is 2.17. The SMILES string of the molecule is COCCn1c(=NC(=O)c2cc(C)on2)sc2cc(F)cc(F)c21. The van der Waals surface area contributed by atoms with Crippen LogP contribution in [0, 0.1) is 18.6 Å². The lowest BCUT2D eigenvalue weighted by Crippen LogP contribution is -2.20. The van der Waals surface area contributed by atoms with Gasteiger partial charge in [-0.3, -0.25) is 4.79 Å². The monoisotopic (exact) mass is 353 g/mol. The van der Waals surface area contributed by atoms with E-state index in [0.717, 1.165) is 17.4 Å². The normalized spacial score (nSPS) is 12.2. The standard InChI is InChI=1S/C15H13F2N3O3S/c1-8-5-11(19-23-8)14(21)18-15-20(3-4-22-2)13-10(17)6-9(16)7-12(13)24-15/h5-7H,3-4H2,1-2H3. The molecule has 0 atom stereocenters. The van der Waals surface area contributed by atoms with Gasteiger partial charge in [-0.15, -0.1) is 0 Å². The van der Waals surface area contributed by atoms with Gasteiger partial charge < -0.3 is 13.8 Å². The van der Waals surface area contributed by atoms with Crippen LogP contribution < -0.4 is 4.80 Å². The fourth-order valence-electron chi connectivity index (χ4n) is 2.22. The van der Waals surface area contributed by atoms with E-state index in [1.165, 1.54) is 23.8 Å². The number of benzene rings is 1. The van der Waals surface area contributed by atoms with Crippen LogP contribution in [0.25, 0.3) is 10.2 Å². The minimum absolute atomic E-state index is 0.0508. The van der Waals surface area contributed by atoms with Crippen LogP contribution in [-0.2, 0) is 11.3 Å². The predicted molar refractivity (Wildman–Crippen MR) is 82.7 cm³/mol. The first-order valence-electron chi connectivity index (χ1n) is 6.99. The minimum atomic E-state index is -0.719. The molecule has 1 amide bonds. The van der Waals surface area contributed by atoms with E-state index in [1.54, 1.807) is 6.92 Å². The lowest BCUT2D eigenvalue weighted by atomic mass is 10.3. The first-order valence-corrected chi connectivity index (χ1v) is 7.81. The van der Waals surface area contributed by atoms with Gasteiger partial charge in [-0.05, 0) is 13.0 Å². The Labute approximate surface area is 139 Å². The second-order valence-corrected chi connectivity index (χ2v) is 6.01. The highest BCUT2D eigenvalue weighted by atomic mass is 32.1. The third-order valence-electron chi connectivity index (χ3n) is 3.26. The van der Waals surface area contributed by atoms with Crippen LogP contribution >= 0.6 is 11.3 Å². The number of halogens is 2. The smallest absolute Gasteiger partial charge is 0.301 e. The molecule has 9 heteroatoms. The van der Waals surface area contributed by atoms with E-state index in [0.29, 0.717) is 10.5 Å². The topological polar surface area (TPSA) is 69.6 Å². The highest BCUT2D eigenvalue weighted by molar-refractivity contribution is 7.16. The number of thiazole rings is 1. The zero-order valence-corrected chi connectivity index (χ0v) is 13.7. The highest BCUT2D eigenvalue weighted by Crippen LogP contribution is 2.22. The molecule has 0 aliphatic heterocycles. The Kier molecular flexibility index (Phi) is 4.54. The fourth-order valence-corrected chi connectivity index (χ4v) is 3.31. The first-order chi connectivity index (χ1) is 11.5. The van der Waals surface area contributed by atoms with Gasteiger partial charge in [0.1, 0.15) is 11.6 Å². The number of hydrogen-bond donors (Lipinski definition) is 0. The Hall–Kier alpha value is -2.39. The summed E-state index contributed by atoms with van der Waals surface area (Å²) in [6.45, 7) is 2.20. The largest absolute Gasteiger partial charge is 0.383 e. The third kappa shape index (κ3) is 3.13. The average molecular weight is 353 g/mol. The Morgan fingerprint density at radius 1 is 1.42 bits per heavy atom. The van der Waals surface area contributed by atoms with Crippen molar-refractivity contribution in [3.05, 3.63) is 46.1 Å². The number of ether oxygens (including phenoxy) is 1. The van der Waals surface area contributed by atoms with Crippen molar-refractivity contribution in [2.45, 2.75) is 13.5 Å². The van der Waals surface area contributed by atoms with Gasteiger partial charge in [0.15, 0.2) is 16.3 Å². The van der Waals surface area contributed by atoms with Gasteiger partial charge in [-0.1, -0.05) is 16.5 Å². The molecule has 0 spiro atoms. The Morgan fingerprint density at radius 3 is 2.88 bits per heavy atom. The minimum Gasteiger partial charge on any atom is -0.383 e. The summed E-state index contributed by atoms with van der Waals surface area (Å²) in [5.74, 6) is -1.55. The van der Waals surface area contributed by atoms with E-state index < -0.39 is 17.5 Å². The molecule has 0 saturated heterocycles. The number of methoxy groups -OCH3 is 1. The van der Waals surface area contributed by atoms with Gasteiger partial charge in [0.2, 0.25) is 0 Å². The van der Waals surface area contributed by atoms with Gasteiger partial charge in [0.05, 0.1) is 16.8 Å². The predicted octanol–water partition coefficient (Wildman–Crippen LogP) is 2.66. The van der Waals surface area contributed by atoms with Crippen LogP contribution in [0.2, 0.25) is 0 Å². The van der Waals surface area contributed by atoms with Crippen LogP contribution in [0.5, 0.6) is 0 Å². The van der Waals surface area contributed by atoms with Crippen molar-refractivity contribution >= 4 is 27.5 Å². The lowest BCUT2D eigenvalue weighted by molar-refractivity contribution is 0.0988. The summed E-state index contributed by atoms with van der Waals surface area (Å²) in [7, 11) is 1.51. The maximum atomic E-state index is 14.2. The molecule has 0 aliphatic rings. The van der Waals surface area contributed by atoms with Crippen molar-refractivity contribution in [3.63, 3.8) is 0 Å². The molecule has 0 radical (unpaired) electrons. The second-order valence-electron chi connectivity index (χ2n) is 5.00. The van der Waals surface area contributed by atoms with E-state index in [4.69, 9.17) is 9.26 Å². The van der Waals surface area contributed by atoms with Crippen molar-refractivity contribution in [1.29, 1.82) is 0 Å². The van der Waals surface area contributed by atoms with E-state index in [9.17, 15) is 13.6 Å². The van der Waals surface area contributed by atoms with Gasteiger partial charge in [-0.2, -0.15) is 4.99 Å². The summed E-state index contributed by atoms with van der Waals surface area (Å²) >= 11 is 1.01.